The van der Waals surface area contributed by atoms with E-state index in [-0.39, 0.29) is 5.91 Å². The van der Waals surface area contributed by atoms with Crippen molar-refractivity contribution >= 4 is 46.4 Å². The van der Waals surface area contributed by atoms with Crippen molar-refractivity contribution in [3.8, 4) is 0 Å². The molecular formula is C19H16Cl2N4O. The quantitative estimate of drug-likeness (QED) is 0.629. The molecule has 7 heteroatoms. The number of aryl methyl sites for hydroxylation is 2. The van der Waals surface area contributed by atoms with Gasteiger partial charge < -0.3 is 10.6 Å². The molecule has 0 saturated carbocycles. The van der Waals surface area contributed by atoms with Gasteiger partial charge >= 0.3 is 0 Å². The van der Waals surface area contributed by atoms with Gasteiger partial charge in [-0.2, -0.15) is 0 Å². The lowest BCUT2D eigenvalue weighted by Crippen LogP contribution is -2.14. The number of carbonyl (C=O) groups is 1. The molecule has 5 nitrogen and oxygen atoms in total. The average molecular weight is 387 g/mol. The third-order valence-corrected chi connectivity index (χ3v) is 4.23. The van der Waals surface area contributed by atoms with Crippen molar-refractivity contribution in [3.05, 3.63) is 75.5 Å². The molecule has 3 aromatic rings. The van der Waals surface area contributed by atoms with Crippen LogP contribution in [-0.4, -0.2) is 15.9 Å². The van der Waals surface area contributed by atoms with Crippen LogP contribution in [0.15, 0.2) is 48.8 Å². The summed E-state index contributed by atoms with van der Waals surface area (Å²) in [5.74, 6) is 0.0605. The van der Waals surface area contributed by atoms with Gasteiger partial charge in [0.1, 0.15) is 0 Å². The Morgan fingerprint density at radius 3 is 2.27 bits per heavy atom. The Kier molecular flexibility index (Phi) is 5.40. The van der Waals surface area contributed by atoms with Gasteiger partial charge in [-0.25, -0.2) is 9.97 Å². The first-order valence-corrected chi connectivity index (χ1v) is 8.61. The Labute approximate surface area is 161 Å². The summed E-state index contributed by atoms with van der Waals surface area (Å²) in [5.41, 5.74) is 3.65. The molecule has 0 aliphatic carbocycles. The summed E-state index contributed by atoms with van der Waals surface area (Å²) in [5, 5.41) is 6.99. The van der Waals surface area contributed by atoms with Crippen LogP contribution in [0.2, 0.25) is 10.0 Å². The smallest absolute Gasteiger partial charge is 0.258 e. The minimum absolute atomic E-state index is 0.322. The van der Waals surface area contributed by atoms with Crippen LogP contribution in [0.1, 0.15) is 21.5 Å². The second-order valence-corrected chi connectivity index (χ2v) is 6.66. The van der Waals surface area contributed by atoms with E-state index in [1.165, 1.54) is 12.4 Å². The number of nitrogens with one attached hydrogen (secondary N) is 2. The fourth-order valence-electron chi connectivity index (χ4n) is 2.43. The molecule has 3 rings (SSSR count). The maximum absolute atomic E-state index is 12.4. The molecule has 0 atom stereocenters. The summed E-state index contributed by atoms with van der Waals surface area (Å²) in [6.45, 7) is 3.84. The van der Waals surface area contributed by atoms with E-state index >= 15 is 0 Å². The van der Waals surface area contributed by atoms with Crippen molar-refractivity contribution in [2.24, 2.45) is 0 Å². The van der Waals surface area contributed by atoms with Gasteiger partial charge in [-0.05, 0) is 55.3 Å². The molecule has 0 radical (unpaired) electrons. The predicted molar refractivity (Wildman–Crippen MR) is 106 cm³/mol. The van der Waals surface area contributed by atoms with Crippen LogP contribution in [0.3, 0.4) is 0 Å². The Morgan fingerprint density at radius 1 is 1.00 bits per heavy atom. The van der Waals surface area contributed by atoms with Crippen molar-refractivity contribution in [2.45, 2.75) is 13.8 Å². The largest absolute Gasteiger partial charge is 0.324 e. The maximum Gasteiger partial charge on any atom is 0.258 e. The molecule has 0 aliphatic rings. The first kappa shape index (κ1) is 18.2. The highest BCUT2D eigenvalue weighted by Gasteiger charge is 2.12. The minimum atomic E-state index is -0.322. The predicted octanol–water partition coefficient (Wildman–Crippen LogP) is 5.40. The van der Waals surface area contributed by atoms with Gasteiger partial charge in [0.05, 0.1) is 16.3 Å². The van der Waals surface area contributed by atoms with E-state index in [0.29, 0.717) is 27.2 Å². The first-order valence-electron chi connectivity index (χ1n) is 7.85. The number of aromatic nitrogens is 2. The monoisotopic (exact) mass is 386 g/mol. The number of amides is 1. The zero-order valence-electron chi connectivity index (χ0n) is 14.2. The van der Waals surface area contributed by atoms with Gasteiger partial charge in [0.25, 0.3) is 5.91 Å². The van der Waals surface area contributed by atoms with Gasteiger partial charge in [-0.1, -0.05) is 29.3 Å². The van der Waals surface area contributed by atoms with Crippen LogP contribution in [-0.2, 0) is 0 Å². The van der Waals surface area contributed by atoms with Crippen molar-refractivity contribution in [1.29, 1.82) is 0 Å². The topological polar surface area (TPSA) is 66.9 Å². The number of hydrogen-bond donors (Lipinski definition) is 2. The number of anilines is 3. The molecule has 2 aromatic carbocycles. The highest BCUT2D eigenvalue weighted by molar-refractivity contribution is 6.34. The number of nitrogens with zero attached hydrogens (tertiary/aromatic N) is 2. The van der Waals surface area contributed by atoms with E-state index in [1.807, 2.05) is 32.0 Å². The molecule has 0 unspecified atom stereocenters. The maximum atomic E-state index is 12.4. The van der Waals surface area contributed by atoms with Crippen LogP contribution in [0.25, 0.3) is 0 Å². The molecule has 1 heterocycles. The highest BCUT2D eigenvalue weighted by Crippen LogP contribution is 2.27. The number of hydrogen-bond acceptors (Lipinski definition) is 4. The van der Waals surface area contributed by atoms with Crippen LogP contribution in [0.4, 0.5) is 17.3 Å². The normalized spacial score (nSPS) is 10.5. The fourth-order valence-corrected chi connectivity index (χ4v) is 2.93. The summed E-state index contributed by atoms with van der Waals surface area (Å²) in [4.78, 5) is 20.8. The molecule has 1 amide bonds. The van der Waals surface area contributed by atoms with E-state index in [2.05, 4.69) is 20.6 Å². The van der Waals surface area contributed by atoms with Gasteiger partial charge in [0, 0.05) is 23.1 Å². The lowest BCUT2D eigenvalue weighted by Gasteiger charge is -2.11. The van der Waals surface area contributed by atoms with Crippen LogP contribution >= 0.6 is 23.2 Å². The minimum Gasteiger partial charge on any atom is -0.324 e. The third-order valence-electron chi connectivity index (χ3n) is 3.68. The van der Waals surface area contributed by atoms with Crippen molar-refractivity contribution in [3.63, 3.8) is 0 Å². The molecule has 0 bridgehead atoms. The highest BCUT2D eigenvalue weighted by atomic mass is 35.5. The van der Waals surface area contributed by atoms with E-state index in [9.17, 15) is 4.79 Å². The van der Waals surface area contributed by atoms with Gasteiger partial charge in [-0.3, -0.25) is 4.79 Å². The zero-order valence-corrected chi connectivity index (χ0v) is 15.7. The van der Waals surface area contributed by atoms with E-state index < -0.39 is 0 Å². The Bertz CT molecular complexity index is 918. The van der Waals surface area contributed by atoms with Gasteiger partial charge in [0.15, 0.2) is 0 Å². The molecule has 0 aliphatic heterocycles. The summed E-state index contributed by atoms with van der Waals surface area (Å²) in [6.07, 6.45) is 2.91. The van der Waals surface area contributed by atoms with E-state index in [4.69, 9.17) is 23.2 Å². The Balaban J connectivity index is 1.72. The number of rotatable bonds is 4. The van der Waals surface area contributed by atoms with Crippen LogP contribution in [0.5, 0.6) is 0 Å². The third kappa shape index (κ3) is 4.31. The number of halogens is 2. The molecule has 0 spiro atoms. The molecule has 0 saturated heterocycles. The lowest BCUT2D eigenvalue weighted by atomic mass is 10.1. The fraction of sp³-hybridized carbons (Fsp3) is 0.105. The Morgan fingerprint density at radius 2 is 1.65 bits per heavy atom. The first-order chi connectivity index (χ1) is 12.4. The molecule has 0 fully saturated rings. The molecule has 26 heavy (non-hydrogen) atoms. The summed E-state index contributed by atoms with van der Waals surface area (Å²) in [6, 6.07) is 10.9. The lowest BCUT2D eigenvalue weighted by molar-refractivity contribution is 0.102. The van der Waals surface area contributed by atoms with Crippen molar-refractivity contribution in [1.82, 2.24) is 9.97 Å². The van der Waals surface area contributed by atoms with Crippen molar-refractivity contribution in [2.75, 3.05) is 10.6 Å². The van der Waals surface area contributed by atoms with E-state index in [0.717, 1.165) is 16.8 Å². The van der Waals surface area contributed by atoms with Crippen molar-refractivity contribution < 1.29 is 4.79 Å². The summed E-state index contributed by atoms with van der Waals surface area (Å²) >= 11 is 12.1. The number of benzene rings is 2. The second-order valence-electron chi connectivity index (χ2n) is 5.82. The molecule has 2 N–H and O–H groups in total. The second kappa shape index (κ2) is 7.72. The van der Waals surface area contributed by atoms with Crippen LogP contribution in [0, 0.1) is 13.8 Å². The Hall–Kier alpha value is -2.63. The van der Waals surface area contributed by atoms with E-state index in [1.54, 1.807) is 18.2 Å². The summed E-state index contributed by atoms with van der Waals surface area (Å²) in [7, 11) is 0. The molecule has 132 valence electrons. The SMILES string of the molecule is Cc1cc(C)c(NC(=O)c2cnc(Nc3ccc(Cl)cc3)nc2)c(Cl)c1. The number of carbonyl (C=O) groups excluding carboxylic acids is 1. The zero-order chi connectivity index (χ0) is 18.7. The molecule has 1 aromatic heterocycles. The van der Waals surface area contributed by atoms with Gasteiger partial charge in [0.2, 0.25) is 5.95 Å². The summed E-state index contributed by atoms with van der Waals surface area (Å²) < 4.78 is 0. The van der Waals surface area contributed by atoms with Crippen LogP contribution < -0.4 is 10.6 Å². The molecular weight excluding hydrogens is 371 g/mol. The average Bonchev–Trinajstić information content (AvgIpc) is 2.60. The van der Waals surface area contributed by atoms with Gasteiger partial charge in [-0.15, -0.1) is 0 Å². The standard InChI is InChI=1S/C19H16Cl2N4O/c1-11-7-12(2)17(16(21)8-11)25-18(26)13-9-22-19(23-10-13)24-15-5-3-14(20)4-6-15/h3-10H,1-2H3,(H,25,26)(H,22,23,24).